The fourth-order valence-corrected chi connectivity index (χ4v) is 5.85. The van der Waals surface area contributed by atoms with E-state index < -0.39 is 10.0 Å². The summed E-state index contributed by atoms with van der Waals surface area (Å²) in [6.07, 6.45) is 1.47. The van der Waals surface area contributed by atoms with E-state index >= 15 is 0 Å². The number of hydrogen-bond donors (Lipinski definition) is 1. The zero-order valence-corrected chi connectivity index (χ0v) is 19.6. The molecule has 0 aliphatic rings. The number of sulfonamides is 1. The molecule has 1 N–H and O–H groups in total. The fraction of sp³-hybridized carbons (Fsp3) is 0.300. The second-order valence-electron chi connectivity index (χ2n) is 6.61. The summed E-state index contributed by atoms with van der Waals surface area (Å²) < 4.78 is 27.9. The summed E-state index contributed by atoms with van der Waals surface area (Å²) >= 11 is 13.4. The van der Waals surface area contributed by atoms with Crippen molar-refractivity contribution >= 4 is 65.8 Å². The number of carbonyl (C=O) groups is 1. The predicted molar refractivity (Wildman–Crippen MR) is 123 cm³/mol. The van der Waals surface area contributed by atoms with Crippen LogP contribution in [0.25, 0.3) is 10.2 Å². The van der Waals surface area contributed by atoms with Crippen molar-refractivity contribution in [3.05, 3.63) is 52.0 Å². The molecule has 10 heteroatoms. The van der Waals surface area contributed by atoms with E-state index in [1.165, 1.54) is 39.9 Å². The van der Waals surface area contributed by atoms with Crippen molar-refractivity contribution in [2.24, 2.45) is 0 Å². The van der Waals surface area contributed by atoms with Crippen molar-refractivity contribution in [2.45, 2.75) is 31.6 Å². The largest absolute Gasteiger partial charge is 0.298 e. The van der Waals surface area contributed by atoms with Crippen LogP contribution in [-0.2, 0) is 10.0 Å². The van der Waals surface area contributed by atoms with E-state index in [0.29, 0.717) is 39.3 Å². The van der Waals surface area contributed by atoms with Gasteiger partial charge < -0.3 is 0 Å². The molecule has 0 spiro atoms. The van der Waals surface area contributed by atoms with Crippen LogP contribution in [0, 0.1) is 0 Å². The van der Waals surface area contributed by atoms with Crippen LogP contribution in [0.5, 0.6) is 0 Å². The van der Waals surface area contributed by atoms with Crippen LogP contribution in [0.1, 0.15) is 37.0 Å². The quantitative estimate of drug-likeness (QED) is 0.445. The van der Waals surface area contributed by atoms with Gasteiger partial charge in [-0.15, -0.1) is 0 Å². The van der Waals surface area contributed by atoms with Crippen LogP contribution in [0.4, 0.5) is 5.13 Å². The van der Waals surface area contributed by atoms with Gasteiger partial charge >= 0.3 is 0 Å². The molecule has 6 nitrogen and oxygen atoms in total. The molecule has 0 bridgehead atoms. The number of rotatable bonds is 8. The molecule has 0 radical (unpaired) electrons. The van der Waals surface area contributed by atoms with Gasteiger partial charge in [-0.05, 0) is 49.2 Å². The molecule has 1 heterocycles. The Morgan fingerprint density at radius 2 is 1.70 bits per heavy atom. The van der Waals surface area contributed by atoms with E-state index in [0.717, 1.165) is 17.5 Å². The fourth-order valence-electron chi connectivity index (χ4n) is 2.94. The Hall–Kier alpha value is -1.71. The summed E-state index contributed by atoms with van der Waals surface area (Å²) in [7, 11) is -3.59. The van der Waals surface area contributed by atoms with E-state index in [1.54, 1.807) is 12.1 Å². The Labute approximate surface area is 189 Å². The number of nitrogens with zero attached hydrogens (tertiary/aromatic N) is 2. The average molecular weight is 486 g/mol. The van der Waals surface area contributed by atoms with Crippen LogP contribution in [0.15, 0.2) is 41.3 Å². The lowest BCUT2D eigenvalue weighted by Gasteiger charge is -2.21. The van der Waals surface area contributed by atoms with Crippen molar-refractivity contribution in [2.75, 3.05) is 18.4 Å². The number of fused-ring (bicyclic) bond motifs is 1. The number of anilines is 1. The molecule has 1 aromatic heterocycles. The molecule has 0 atom stereocenters. The number of amides is 1. The van der Waals surface area contributed by atoms with Crippen LogP contribution in [-0.4, -0.2) is 36.7 Å². The second kappa shape index (κ2) is 9.62. The lowest BCUT2D eigenvalue weighted by atomic mass is 10.2. The van der Waals surface area contributed by atoms with Crippen molar-refractivity contribution in [3.8, 4) is 0 Å². The van der Waals surface area contributed by atoms with Gasteiger partial charge in [-0.1, -0.05) is 48.4 Å². The van der Waals surface area contributed by atoms with Gasteiger partial charge in [0, 0.05) is 18.7 Å². The van der Waals surface area contributed by atoms with Gasteiger partial charge in [0.25, 0.3) is 5.91 Å². The number of halogens is 2. The smallest absolute Gasteiger partial charge is 0.257 e. The molecule has 30 heavy (non-hydrogen) atoms. The van der Waals surface area contributed by atoms with Gasteiger partial charge in [-0.25, -0.2) is 13.4 Å². The number of benzene rings is 2. The Kier molecular flexibility index (Phi) is 7.36. The molecule has 3 aromatic rings. The third-order valence-electron chi connectivity index (χ3n) is 4.37. The number of nitrogens with one attached hydrogen (secondary N) is 1. The molecular formula is C20H21Cl2N3O3S2. The van der Waals surface area contributed by atoms with Crippen molar-refractivity contribution in [1.82, 2.24) is 9.29 Å². The normalized spacial score (nSPS) is 11.9. The van der Waals surface area contributed by atoms with Crippen LogP contribution >= 0.6 is 34.5 Å². The highest BCUT2D eigenvalue weighted by atomic mass is 35.5. The monoisotopic (exact) mass is 485 g/mol. The van der Waals surface area contributed by atoms with Crippen LogP contribution < -0.4 is 5.32 Å². The van der Waals surface area contributed by atoms with Crippen molar-refractivity contribution < 1.29 is 13.2 Å². The van der Waals surface area contributed by atoms with Gasteiger partial charge in [0.2, 0.25) is 10.0 Å². The number of carbonyl (C=O) groups excluding carboxylic acids is 1. The number of thiazole rings is 1. The van der Waals surface area contributed by atoms with Gasteiger partial charge in [0.1, 0.15) is 5.52 Å². The topological polar surface area (TPSA) is 79.4 Å². The highest BCUT2D eigenvalue weighted by Gasteiger charge is 2.23. The Morgan fingerprint density at radius 1 is 1.07 bits per heavy atom. The first-order valence-electron chi connectivity index (χ1n) is 9.44. The number of hydrogen-bond acceptors (Lipinski definition) is 5. The maximum absolute atomic E-state index is 12.8. The zero-order valence-electron chi connectivity index (χ0n) is 16.5. The van der Waals surface area contributed by atoms with Crippen LogP contribution in [0.2, 0.25) is 10.0 Å². The second-order valence-corrected chi connectivity index (χ2v) is 10.4. The molecule has 0 saturated heterocycles. The Morgan fingerprint density at radius 3 is 2.30 bits per heavy atom. The van der Waals surface area contributed by atoms with E-state index in [-0.39, 0.29) is 10.8 Å². The van der Waals surface area contributed by atoms with E-state index in [2.05, 4.69) is 10.3 Å². The molecule has 0 unspecified atom stereocenters. The third kappa shape index (κ3) is 4.78. The van der Waals surface area contributed by atoms with E-state index in [4.69, 9.17) is 23.2 Å². The predicted octanol–water partition coefficient (Wildman–Crippen LogP) is 5.67. The summed E-state index contributed by atoms with van der Waals surface area (Å²) in [5, 5.41) is 3.84. The van der Waals surface area contributed by atoms with Gasteiger partial charge in [-0.3, -0.25) is 10.1 Å². The Balaban J connectivity index is 1.79. The average Bonchev–Trinajstić information content (AvgIpc) is 3.14. The summed E-state index contributed by atoms with van der Waals surface area (Å²) in [6, 6.07) is 9.37. The lowest BCUT2D eigenvalue weighted by Crippen LogP contribution is -2.32. The molecule has 160 valence electrons. The minimum absolute atomic E-state index is 0.169. The van der Waals surface area contributed by atoms with Crippen molar-refractivity contribution in [1.29, 1.82) is 0 Å². The molecule has 2 aromatic carbocycles. The maximum Gasteiger partial charge on any atom is 0.257 e. The van der Waals surface area contributed by atoms with E-state index in [9.17, 15) is 13.2 Å². The molecule has 0 fully saturated rings. The molecule has 0 saturated carbocycles. The highest BCUT2D eigenvalue weighted by Crippen LogP contribution is 2.35. The summed E-state index contributed by atoms with van der Waals surface area (Å²) in [4.78, 5) is 17.1. The lowest BCUT2D eigenvalue weighted by molar-refractivity contribution is 0.102. The molecule has 3 rings (SSSR count). The molecule has 1 amide bonds. The zero-order chi connectivity index (χ0) is 21.9. The number of aromatic nitrogens is 1. The summed E-state index contributed by atoms with van der Waals surface area (Å²) in [5.41, 5.74) is 0.854. The van der Waals surface area contributed by atoms with Gasteiger partial charge in [0.15, 0.2) is 5.13 Å². The van der Waals surface area contributed by atoms with Crippen LogP contribution in [0.3, 0.4) is 0 Å². The standard InChI is InChI=1S/C20H21Cl2N3O3S2/c1-3-11-25(12-4-2)30(27,28)14-7-5-13(6-8-14)19(26)24-20-23-18-16(29-20)10-9-15(21)17(18)22/h5-10H,3-4,11-12H2,1-2H3,(H,23,24,26). The summed E-state index contributed by atoms with van der Waals surface area (Å²) in [6.45, 7) is 4.80. The third-order valence-corrected chi connectivity index (χ3v) is 8.02. The molecular weight excluding hydrogens is 465 g/mol. The SMILES string of the molecule is CCCN(CCC)S(=O)(=O)c1ccc(C(=O)Nc2nc3c(Cl)c(Cl)ccc3s2)cc1. The first-order chi connectivity index (χ1) is 14.3. The van der Waals surface area contributed by atoms with Gasteiger partial charge in [-0.2, -0.15) is 4.31 Å². The summed E-state index contributed by atoms with van der Waals surface area (Å²) in [5.74, 6) is -0.390. The van der Waals surface area contributed by atoms with Crippen molar-refractivity contribution in [3.63, 3.8) is 0 Å². The first kappa shape index (κ1) is 23.0. The molecule has 0 aliphatic heterocycles. The van der Waals surface area contributed by atoms with E-state index in [1.807, 2.05) is 13.8 Å². The highest BCUT2D eigenvalue weighted by molar-refractivity contribution is 7.89. The Bertz CT molecular complexity index is 1160. The minimum atomic E-state index is -3.59. The molecule has 0 aliphatic carbocycles. The first-order valence-corrected chi connectivity index (χ1v) is 12.4. The van der Waals surface area contributed by atoms with Gasteiger partial charge in [0.05, 0.1) is 19.6 Å². The maximum atomic E-state index is 12.8. The minimum Gasteiger partial charge on any atom is -0.298 e.